The Morgan fingerprint density at radius 1 is 1.42 bits per heavy atom. The molecule has 12 heavy (non-hydrogen) atoms. The average Bonchev–Trinajstić information content (AvgIpc) is 2.60. The van der Waals surface area contributed by atoms with Gasteiger partial charge in [0.15, 0.2) is 5.78 Å². The standard InChI is InChI=1S/C8H9F3O/c1-5(12)4-7(6-2-3-6)8(9,10)11/h4,6H,2-3H2,1H3. The molecule has 1 nitrogen and oxygen atoms in total. The van der Waals surface area contributed by atoms with Crippen LogP contribution in [0.15, 0.2) is 11.6 Å². The zero-order chi connectivity index (χ0) is 9.35. The van der Waals surface area contributed by atoms with Gasteiger partial charge < -0.3 is 0 Å². The molecule has 0 aromatic carbocycles. The first kappa shape index (κ1) is 9.29. The summed E-state index contributed by atoms with van der Waals surface area (Å²) in [5.74, 6) is -0.955. The van der Waals surface area contributed by atoms with Crippen LogP contribution in [-0.2, 0) is 4.79 Å². The summed E-state index contributed by atoms with van der Waals surface area (Å²) in [6.45, 7) is 1.13. The number of ketones is 1. The molecule has 0 aromatic heterocycles. The predicted molar refractivity (Wildman–Crippen MR) is 37.5 cm³/mol. The van der Waals surface area contributed by atoms with Gasteiger partial charge in [0.2, 0.25) is 0 Å². The molecule has 1 aliphatic carbocycles. The zero-order valence-electron chi connectivity index (χ0n) is 6.61. The summed E-state index contributed by atoms with van der Waals surface area (Å²) in [4.78, 5) is 10.5. The Balaban J connectivity index is 2.81. The van der Waals surface area contributed by atoms with E-state index < -0.39 is 23.5 Å². The highest BCUT2D eigenvalue weighted by atomic mass is 19.4. The minimum Gasteiger partial charge on any atom is -0.295 e. The Kier molecular flexibility index (Phi) is 2.26. The summed E-state index contributed by atoms with van der Waals surface area (Å²) >= 11 is 0. The molecule has 0 radical (unpaired) electrons. The van der Waals surface area contributed by atoms with Gasteiger partial charge in [-0.05, 0) is 31.8 Å². The fraction of sp³-hybridized carbons (Fsp3) is 0.625. The molecule has 1 fully saturated rings. The quantitative estimate of drug-likeness (QED) is 0.593. The first-order valence-electron chi connectivity index (χ1n) is 3.70. The second-order valence-corrected chi connectivity index (χ2v) is 2.98. The van der Waals surface area contributed by atoms with Crippen LogP contribution in [0.3, 0.4) is 0 Å². The number of rotatable bonds is 2. The topological polar surface area (TPSA) is 17.1 Å². The molecular weight excluding hydrogens is 169 g/mol. The molecular formula is C8H9F3O. The van der Waals surface area contributed by atoms with Crippen LogP contribution in [0.25, 0.3) is 0 Å². The van der Waals surface area contributed by atoms with Crippen molar-refractivity contribution in [3.8, 4) is 0 Å². The summed E-state index contributed by atoms with van der Waals surface area (Å²) < 4.78 is 36.5. The Labute approximate surface area is 68.3 Å². The van der Waals surface area contributed by atoms with Crippen LogP contribution in [0, 0.1) is 5.92 Å². The van der Waals surface area contributed by atoms with Gasteiger partial charge in [-0.2, -0.15) is 13.2 Å². The van der Waals surface area contributed by atoms with Crippen LogP contribution in [0.5, 0.6) is 0 Å². The fourth-order valence-corrected chi connectivity index (χ4v) is 1.04. The van der Waals surface area contributed by atoms with Crippen molar-refractivity contribution in [3.05, 3.63) is 11.6 Å². The second-order valence-electron chi connectivity index (χ2n) is 2.98. The maximum absolute atomic E-state index is 12.2. The summed E-state index contributed by atoms with van der Waals surface area (Å²) in [5.41, 5.74) is -0.657. The van der Waals surface area contributed by atoms with Gasteiger partial charge in [0.1, 0.15) is 0 Å². The molecule has 0 aromatic rings. The predicted octanol–water partition coefficient (Wildman–Crippen LogP) is 2.47. The van der Waals surface area contributed by atoms with E-state index in [2.05, 4.69) is 0 Å². The molecule has 1 aliphatic rings. The molecule has 1 saturated carbocycles. The number of allylic oxidation sites excluding steroid dienone is 2. The van der Waals surface area contributed by atoms with Crippen LogP contribution >= 0.6 is 0 Å². The molecule has 68 valence electrons. The molecule has 4 heteroatoms. The van der Waals surface area contributed by atoms with Crippen LogP contribution in [0.2, 0.25) is 0 Å². The summed E-state index contributed by atoms with van der Waals surface area (Å²) in [5, 5.41) is 0. The SMILES string of the molecule is CC(=O)C=C(C1CC1)C(F)(F)F. The third kappa shape index (κ3) is 2.36. The van der Waals surface area contributed by atoms with Crippen molar-refractivity contribution in [1.82, 2.24) is 0 Å². The number of hydrogen-bond donors (Lipinski definition) is 0. The molecule has 0 amide bonds. The summed E-state index contributed by atoms with van der Waals surface area (Å²) in [6.07, 6.45) is -2.51. The first-order valence-corrected chi connectivity index (χ1v) is 3.70. The minimum absolute atomic E-state index is 0.422. The number of alkyl halides is 3. The summed E-state index contributed by atoms with van der Waals surface area (Å²) in [7, 11) is 0. The van der Waals surface area contributed by atoms with Crippen LogP contribution in [-0.4, -0.2) is 12.0 Å². The molecule has 0 bridgehead atoms. The van der Waals surface area contributed by atoms with Crippen molar-refractivity contribution in [1.29, 1.82) is 0 Å². The van der Waals surface area contributed by atoms with Crippen molar-refractivity contribution in [2.45, 2.75) is 25.9 Å². The first-order chi connectivity index (χ1) is 5.41. The number of hydrogen-bond acceptors (Lipinski definition) is 1. The van der Waals surface area contributed by atoms with E-state index in [1.807, 2.05) is 0 Å². The second kappa shape index (κ2) is 2.92. The maximum Gasteiger partial charge on any atom is 0.413 e. The van der Waals surface area contributed by atoms with Gasteiger partial charge in [-0.25, -0.2) is 0 Å². The van der Waals surface area contributed by atoms with E-state index in [1.165, 1.54) is 0 Å². The van der Waals surface area contributed by atoms with Gasteiger partial charge in [-0.3, -0.25) is 4.79 Å². The Hall–Kier alpha value is -0.800. The smallest absolute Gasteiger partial charge is 0.295 e. The van der Waals surface area contributed by atoms with Crippen LogP contribution in [0.1, 0.15) is 19.8 Å². The monoisotopic (exact) mass is 178 g/mol. The lowest BCUT2D eigenvalue weighted by Crippen LogP contribution is -2.14. The van der Waals surface area contributed by atoms with Gasteiger partial charge in [-0.15, -0.1) is 0 Å². The van der Waals surface area contributed by atoms with E-state index in [0.29, 0.717) is 18.9 Å². The molecule has 1 rings (SSSR count). The third-order valence-corrected chi connectivity index (χ3v) is 1.70. The normalized spacial score (nSPS) is 19.5. The molecule has 0 saturated heterocycles. The highest BCUT2D eigenvalue weighted by Gasteiger charge is 2.43. The minimum atomic E-state index is -4.33. The number of carbonyl (C=O) groups excluding carboxylic acids is 1. The van der Waals surface area contributed by atoms with Crippen molar-refractivity contribution >= 4 is 5.78 Å². The lowest BCUT2D eigenvalue weighted by atomic mass is 10.1. The average molecular weight is 178 g/mol. The molecule has 0 heterocycles. The number of carbonyl (C=O) groups is 1. The van der Waals surface area contributed by atoms with E-state index in [4.69, 9.17) is 0 Å². The molecule has 0 unspecified atom stereocenters. The highest BCUT2D eigenvalue weighted by molar-refractivity contribution is 5.88. The largest absolute Gasteiger partial charge is 0.413 e. The van der Waals surface area contributed by atoms with Gasteiger partial charge in [0.25, 0.3) is 0 Å². The van der Waals surface area contributed by atoms with Crippen molar-refractivity contribution in [2.24, 2.45) is 5.92 Å². The Morgan fingerprint density at radius 2 is 1.92 bits per heavy atom. The summed E-state index contributed by atoms with van der Waals surface area (Å²) in [6, 6.07) is 0. The Bertz CT molecular complexity index is 223. The molecule has 0 aliphatic heterocycles. The van der Waals surface area contributed by atoms with E-state index >= 15 is 0 Å². The van der Waals surface area contributed by atoms with Crippen LogP contribution < -0.4 is 0 Å². The van der Waals surface area contributed by atoms with Gasteiger partial charge >= 0.3 is 6.18 Å². The zero-order valence-corrected chi connectivity index (χ0v) is 6.61. The van der Waals surface area contributed by atoms with E-state index in [9.17, 15) is 18.0 Å². The van der Waals surface area contributed by atoms with Gasteiger partial charge in [0, 0.05) is 5.57 Å². The molecule has 0 spiro atoms. The van der Waals surface area contributed by atoms with Crippen molar-refractivity contribution in [3.63, 3.8) is 0 Å². The lowest BCUT2D eigenvalue weighted by Gasteiger charge is -2.09. The van der Waals surface area contributed by atoms with E-state index in [0.717, 1.165) is 6.92 Å². The lowest BCUT2D eigenvalue weighted by molar-refractivity contribution is -0.114. The molecule has 0 atom stereocenters. The van der Waals surface area contributed by atoms with Gasteiger partial charge in [-0.1, -0.05) is 0 Å². The van der Waals surface area contributed by atoms with E-state index in [1.54, 1.807) is 0 Å². The molecule has 0 N–H and O–H groups in total. The third-order valence-electron chi connectivity index (χ3n) is 1.70. The highest BCUT2D eigenvalue weighted by Crippen LogP contribution is 2.44. The van der Waals surface area contributed by atoms with Gasteiger partial charge in [0.05, 0.1) is 0 Å². The van der Waals surface area contributed by atoms with Crippen molar-refractivity contribution < 1.29 is 18.0 Å². The Morgan fingerprint density at radius 3 is 2.17 bits per heavy atom. The van der Waals surface area contributed by atoms with Crippen molar-refractivity contribution in [2.75, 3.05) is 0 Å². The van der Waals surface area contributed by atoms with E-state index in [-0.39, 0.29) is 0 Å². The van der Waals surface area contributed by atoms with Crippen LogP contribution in [0.4, 0.5) is 13.2 Å². The number of halogens is 3. The fourth-order valence-electron chi connectivity index (χ4n) is 1.04. The maximum atomic E-state index is 12.2.